The predicted octanol–water partition coefficient (Wildman–Crippen LogP) is 1.37. The molecule has 2 aromatic rings. The first-order valence-electron chi connectivity index (χ1n) is 5.20. The molecule has 0 aliphatic carbocycles. The minimum absolute atomic E-state index is 0.0620. The molecule has 2 heterocycles. The summed E-state index contributed by atoms with van der Waals surface area (Å²) in [6.45, 7) is 0.659. The van der Waals surface area contributed by atoms with Crippen LogP contribution in [0.3, 0.4) is 0 Å². The molecule has 0 aliphatic heterocycles. The van der Waals surface area contributed by atoms with Gasteiger partial charge in [-0.3, -0.25) is 4.68 Å². The Hall–Kier alpha value is -2.24. The van der Waals surface area contributed by atoms with Gasteiger partial charge in [0, 0.05) is 38.0 Å². The second-order valence-electron chi connectivity index (χ2n) is 3.59. The van der Waals surface area contributed by atoms with Crippen LogP contribution < -0.4 is 5.32 Å². The van der Waals surface area contributed by atoms with Crippen molar-refractivity contribution in [1.82, 2.24) is 9.78 Å². The van der Waals surface area contributed by atoms with Crippen LogP contribution in [0.15, 0.2) is 28.8 Å². The molecule has 0 aromatic carbocycles. The first-order chi connectivity index (χ1) is 8.16. The van der Waals surface area contributed by atoms with Gasteiger partial charge in [0.2, 0.25) is 5.76 Å². The third kappa shape index (κ3) is 2.66. The topological polar surface area (TPSA) is 80.3 Å². The number of hydrogen-bond acceptors (Lipinski definition) is 4. The normalized spacial score (nSPS) is 10.4. The summed E-state index contributed by atoms with van der Waals surface area (Å²) in [5.41, 5.74) is 1.10. The molecule has 0 unspecified atom stereocenters. The molecule has 0 spiro atoms. The fraction of sp³-hybridized carbons (Fsp3) is 0.273. The molecule has 0 radical (unpaired) electrons. The highest BCUT2D eigenvalue weighted by atomic mass is 16.4. The Morgan fingerprint density at radius 1 is 1.53 bits per heavy atom. The molecular formula is C11H13N3O3. The molecule has 17 heavy (non-hydrogen) atoms. The Labute approximate surface area is 97.9 Å². The smallest absolute Gasteiger partial charge is 0.371 e. The summed E-state index contributed by atoms with van der Waals surface area (Å²) in [6, 6.07) is 4.97. The summed E-state index contributed by atoms with van der Waals surface area (Å²) >= 11 is 0. The molecule has 0 saturated heterocycles. The number of aromatic nitrogens is 2. The molecule has 6 heteroatoms. The van der Waals surface area contributed by atoms with Crippen molar-refractivity contribution in [2.75, 3.05) is 11.9 Å². The van der Waals surface area contributed by atoms with E-state index in [9.17, 15) is 4.79 Å². The zero-order valence-electron chi connectivity index (χ0n) is 9.38. The zero-order chi connectivity index (χ0) is 12.3. The molecule has 0 aliphatic rings. The minimum Gasteiger partial charge on any atom is -0.475 e. The number of carbonyl (C=O) groups is 1. The summed E-state index contributed by atoms with van der Waals surface area (Å²) in [5, 5.41) is 15.7. The number of anilines is 1. The van der Waals surface area contributed by atoms with Crippen LogP contribution in [0.5, 0.6) is 0 Å². The quantitative estimate of drug-likeness (QED) is 0.818. The standard InChI is InChI=1S/C11H13N3O3/c1-14-8(5-7-13-14)4-6-12-10-3-2-9(17-10)11(15)16/h2-3,5,7,12H,4,6H2,1H3,(H,15,16). The van der Waals surface area contributed by atoms with Gasteiger partial charge in [-0.25, -0.2) is 4.79 Å². The van der Waals surface area contributed by atoms with Crippen LogP contribution >= 0.6 is 0 Å². The van der Waals surface area contributed by atoms with Crippen LogP contribution in [-0.2, 0) is 13.5 Å². The highest BCUT2D eigenvalue weighted by molar-refractivity contribution is 5.84. The molecule has 90 valence electrons. The molecule has 0 atom stereocenters. The average molecular weight is 235 g/mol. The van der Waals surface area contributed by atoms with Gasteiger partial charge >= 0.3 is 5.97 Å². The van der Waals surface area contributed by atoms with Crippen LogP contribution in [0.4, 0.5) is 5.88 Å². The molecule has 2 rings (SSSR count). The predicted molar refractivity (Wildman–Crippen MR) is 61.1 cm³/mol. The second-order valence-corrected chi connectivity index (χ2v) is 3.59. The van der Waals surface area contributed by atoms with Crippen LogP contribution in [0.25, 0.3) is 0 Å². The van der Waals surface area contributed by atoms with E-state index in [1.807, 2.05) is 13.1 Å². The van der Waals surface area contributed by atoms with E-state index < -0.39 is 5.97 Å². The maximum atomic E-state index is 10.6. The summed E-state index contributed by atoms with van der Waals surface area (Å²) in [6.07, 6.45) is 2.53. The van der Waals surface area contributed by atoms with Gasteiger partial charge in [-0.05, 0) is 12.1 Å². The van der Waals surface area contributed by atoms with Crippen LogP contribution in [0.2, 0.25) is 0 Å². The van der Waals surface area contributed by atoms with E-state index in [0.717, 1.165) is 12.1 Å². The van der Waals surface area contributed by atoms with Crippen LogP contribution in [-0.4, -0.2) is 27.4 Å². The highest BCUT2D eigenvalue weighted by Crippen LogP contribution is 2.13. The van der Waals surface area contributed by atoms with Gasteiger partial charge < -0.3 is 14.8 Å². The van der Waals surface area contributed by atoms with E-state index in [2.05, 4.69) is 10.4 Å². The molecule has 6 nitrogen and oxygen atoms in total. The fourth-order valence-electron chi connectivity index (χ4n) is 1.51. The van der Waals surface area contributed by atoms with Crippen molar-refractivity contribution in [3.8, 4) is 0 Å². The SMILES string of the molecule is Cn1nccc1CCNc1ccc(C(=O)O)o1. The van der Waals surface area contributed by atoms with Crippen molar-refractivity contribution in [3.05, 3.63) is 35.9 Å². The Balaban J connectivity index is 1.86. The van der Waals surface area contributed by atoms with Crippen molar-refractivity contribution < 1.29 is 14.3 Å². The third-order valence-corrected chi connectivity index (χ3v) is 2.42. The van der Waals surface area contributed by atoms with Gasteiger partial charge in [-0.1, -0.05) is 0 Å². The van der Waals surface area contributed by atoms with E-state index in [0.29, 0.717) is 12.4 Å². The molecule has 2 aromatic heterocycles. The fourth-order valence-corrected chi connectivity index (χ4v) is 1.51. The van der Waals surface area contributed by atoms with Crippen molar-refractivity contribution in [2.24, 2.45) is 7.05 Å². The van der Waals surface area contributed by atoms with Gasteiger partial charge in [0.1, 0.15) is 0 Å². The second kappa shape index (κ2) is 4.73. The highest BCUT2D eigenvalue weighted by Gasteiger charge is 2.08. The van der Waals surface area contributed by atoms with E-state index >= 15 is 0 Å². The summed E-state index contributed by atoms with van der Waals surface area (Å²) in [4.78, 5) is 10.6. The lowest BCUT2D eigenvalue weighted by Crippen LogP contribution is -2.07. The first kappa shape index (κ1) is 11.3. The summed E-state index contributed by atoms with van der Waals surface area (Å²) < 4.78 is 6.86. The van der Waals surface area contributed by atoms with Crippen molar-refractivity contribution in [3.63, 3.8) is 0 Å². The Bertz CT molecular complexity index is 516. The number of rotatable bonds is 5. The maximum Gasteiger partial charge on any atom is 0.371 e. The Kier molecular flexibility index (Phi) is 3.13. The van der Waals surface area contributed by atoms with E-state index in [4.69, 9.17) is 9.52 Å². The van der Waals surface area contributed by atoms with E-state index in [-0.39, 0.29) is 5.76 Å². The lowest BCUT2D eigenvalue weighted by Gasteiger charge is -2.03. The number of hydrogen-bond donors (Lipinski definition) is 2. The molecule has 2 N–H and O–H groups in total. The molecular weight excluding hydrogens is 222 g/mol. The Morgan fingerprint density at radius 3 is 2.94 bits per heavy atom. The van der Waals surface area contributed by atoms with E-state index in [1.165, 1.54) is 6.07 Å². The molecule has 0 amide bonds. The monoisotopic (exact) mass is 235 g/mol. The number of nitrogens with one attached hydrogen (secondary N) is 1. The number of carboxylic acids is 1. The van der Waals surface area contributed by atoms with Crippen LogP contribution in [0, 0.1) is 0 Å². The number of carboxylic acid groups (broad SMARTS) is 1. The lowest BCUT2D eigenvalue weighted by molar-refractivity contribution is 0.0663. The zero-order valence-corrected chi connectivity index (χ0v) is 9.38. The third-order valence-electron chi connectivity index (χ3n) is 2.42. The largest absolute Gasteiger partial charge is 0.475 e. The summed E-state index contributed by atoms with van der Waals surface area (Å²) in [5.74, 6) is -0.665. The number of furan rings is 1. The maximum absolute atomic E-state index is 10.6. The average Bonchev–Trinajstić information content (AvgIpc) is 2.89. The molecule has 0 saturated carbocycles. The van der Waals surface area contributed by atoms with Gasteiger partial charge in [0.25, 0.3) is 0 Å². The van der Waals surface area contributed by atoms with Crippen molar-refractivity contribution in [1.29, 1.82) is 0 Å². The van der Waals surface area contributed by atoms with Crippen LogP contribution in [0.1, 0.15) is 16.2 Å². The van der Waals surface area contributed by atoms with Crippen molar-refractivity contribution in [2.45, 2.75) is 6.42 Å². The number of aromatic carboxylic acids is 1. The number of aryl methyl sites for hydroxylation is 1. The molecule has 0 fully saturated rings. The van der Waals surface area contributed by atoms with Gasteiger partial charge in [0.05, 0.1) is 0 Å². The van der Waals surface area contributed by atoms with Gasteiger partial charge in [-0.15, -0.1) is 0 Å². The first-order valence-corrected chi connectivity index (χ1v) is 5.20. The number of nitrogens with zero attached hydrogens (tertiary/aromatic N) is 2. The van der Waals surface area contributed by atoms with E-state index in [1.54, 1.807) is 16.9 Å². The van der Waals surface area contributed by atoms with Crippen molar-refractivity contribution >= 4 is 11.9 Å². The Morgan fingerprint density at radius 2 is 2.35 bits per heavy atom. The minimum atomic E-state index is -1.07. The molecule has 0 bridgehead atoms. The summed E-state index contributed by atoms with van der Waals surface area (Å²) in [7, 11) is 1.88. The van der Waals surface area contributed by atoms with Gasteiger partial charge in [0.15, 0.2) is 5.88 Å². The van der Waals surface area contributed by atoms with Gasteiger partial charge in [-0.2, -0.15) is 5.10 Å². The lowest BCUT2D eigenvalue weighted by atomic mass is 10.3.